The van der Waals surface area contributed by atoms with Crippen molar-refractivity contribution in [3.05, 3.63) is 56.7 Å². The van der Waals surface area contributed by atoms with E-state index in [1.165, 1.54) is 12.1 Å². The van der Waals surface area contributed by atoms with Crippen molar-refractivity contribution in [2.75, 3.05) is 26.2 Å². The first-order valence-corrected chi connectivity index (χ1v) is 8.57. The fraction of sp³-hybridized carbons (Fsp3) is 0.375. The van der Waals surface area contributed by atoms with Gasteiger partial charge in [0.1, 0.15) is 0 Å². The van der Waals surface area contributed by atoms with Crippen LogP contribution in [-0.4, -0.2) is 31.1 Å². The van der Waals surface area contributed by atoms with E-state index in [0.717, 1.165) is 31.1 Å². The summed E-state index contributed by atoms with van der Waals surface area (Å²) >= 11 is 7.32. The second-order valence-electron chi connectivity index (χ2n) is 5.44. The fourth-order valence-electron chi connectivity index (χ4n) is 2.87. The lowest BCUT2D eigenvalue weighted by molar-refractivity contribution is -0.137. The van der Waals surface area contributed by atoms with Gasteiger partial charge < -0.3 is 5.32 Å². The van der Waals surface area contributed by atoms with Crippen LogP contribution in [0.5, 0.6) is 0 Å². The molecule has 1 aliphatic heterocycles. The van der Waals surface area contributed by atoms with Gasteiger partial charge in [0, 0.05) is 31.1 Å². The van der Waals surface area contributed by atoms with Gasteiger partial charge >= 0.3 is 6.18 Å². The molecule has 1 N–H and O–H groups in total. The number of rotatable bonds is 3. The Bertz CT molecular complexity index is 656. The molecule has 1 saturated heterocycles. The number of alkyl halides is 3. The molecule has 132 valence electrons. The van der Waals surface area contributed by atoms with Crippen LogP contribution in [0.1, 0.15) is 22.0 Å². The summed E-state index contributed by atoms with van der Waals surface area (Å²) in [4.78, 5) is 3.26. The summed E-state index contributed by atoms with van der Waals surface area (Å²) in [6, 6.07) is 7.96. The van der Waals surface area contributed by atoms with Gasteiger partial charge in [0.2, 0.25) is 0 Å². The first-order valence-electron chi connectivity index (χ1n) is 7.31. The average molecular weight is 397 g/mol. The zero-order valence-corrected chi connectivity index (χ0v) is 15.0. The molecule has 1 atom stereocenters. The van der Waals surface area contributed by atoms with Crippen LogP contribution < -0.4 is 5.32 Å². The maximum absolute atomic E-state index is 13.2. The maximum atomic E-state index is 13.2. The Hall–Kier alpha value is -0.790. The van der Waals surface area contributed by atoms with Gasteiger partial charge in [0.15, 0.2) is 0 Å². The average Bonchev–Trinajstić information content (AvgIpc) is 3.03. The van der Waals surface area contributed by atoms with E-state index in [1.807, 2.05) is 17.5 Å². The van der Waals surface area contributed by atoms with Crippen molar-refractivity contribution in [2.24, 2.45) is 0 Å². The van der Waals surface area contributed by atoms with Crippen molar-refractivity contribution in [3.8, 4) is 0 Å². The highest BCUT2D eigenvalue weighted by molar-refractivity contribution is 7.10. The van der Waals surface area contributed by atoms with Crippen molar-refractivity contribution in [1.29, 1.82) is 0 Å². The van der Waals surface area contributed by atoms with Gasteiger partial charge in [-0.1, -0.05) is 23.7 Å². The molecule has 2 aromatic rings. The maximum Gasteiger partial charge on any atom is 0.417 e. The Morgan fingerprint density at radius 3 is 2.46 bits per heavy atom. The molecule has 1 aliphatic rings. The lowest BCUT2D eigenvalue weighted by Gasteiger charge is -2.35. The van der Waals surface area contributed by atoms with Crippen LogP contribution >= 0.6 is 35.3 Å². The Morgan fingerprint density at radius 1 is 1.17 bits per heavy atom. The highest BCUT2D eigenvalue weighted by Crippen LogP contribution is 2.39. The van der Waals surface area contributed by atoms with Crippen LogP contribution in [0.15, 0.2) is 35.7 Å². The van der Waals surface area contributed by atoms with E-state index in [1.54, 1.807) is 17.4 Å². The lowest BCUT2D eigenvalue weighted by atomic mass is 10.00. The number of hydrogen-bond donors (Lipinski definition) is 1. The molecule has 0 spiro atoms. The van der Waals surface area contributed by atoms with Crippen LogP contribution in [0.2, 0.25) is 5.02 Å². The van der Waals surface area contributed by atoms with Gasteiger partial charge in [0.05, 0.1) is 16.6 Å². The van der Waals surface area contributed by atoms with Crippen LogP contribution in [0, 0.1) is 0 Å². The Labute approximate surface area is 154 Å². The van der Waals surface area contributed by atoms with Gasteiger partial charge in [-0.25, -0.2) is 0 Å². The van der Waals surface area contributed by atoms with Crippen LogP contribution in [-0.2, 0) is 6.18 Å². The number of benzene rings is 1. The molecule has 3 rings (SSSR count). The number of nitrogens with one attached hydrogen (secondary N) is 1. The van der Waals surface area contributed by atoms with Crippen molar-refractivity contribution >= 4 is 35.3 Å². The van der Waals surface area contributed by atoms with Crippen LogP contribution in [0.25, 0.3) is 0 Å². The molecule has 2 nitrogen and oxygen atoms in total. The zero-order chi connectivity index (χ0) is 16.4. The van der Waals surface area contributed by atoms with Gasteiger partial charge in [-0.3, -0.25) is 4.90 Å². The molecule has 1 aromatic carbocycles. The summed E-state index contributed by atoms with van der Waals surface area (Å²) in [6.07, 6.45) is -4.45. The highest BCUT2D eigenvalue weighted by atomic mass is 35.5. The highest BCUT2D eigenvalue weighted by Gasteiger charge is 2.35. The molecule has 0 aliphatic carbocycles. The Kier molecular flexibility index (Phi) is 6.56. The minimum atomic E-state index is -4.45. The number of nitrogens with zero attached hydrogens (tertiary/aromatic N) is 1. The monoisotopic (exact) mass is 396 g/mol. The predicted octanol–water partition coefficient (Wildman–Crippen LogP) is 4.84. The second kappa shape index (κ2) is 8.06. The van der Waals surface area contributed by atoms with E-state index in [9.17, 15) is 13.2 Å². The SMILES string of the molecule is Cl.FC(F)(F)c1cc([C@H](c2cccs2)N2CCNCC2)ccc1Cl. The predicted molar refractivity (Wildman–Crippen MR) is 94.3 cm³/mol. The van der Waals surface area contributed by atoms with E-state index in [2.05, 4.69) is 10.2 Å². The summed E-state index contributed by atoms with van der Waals surface area (Å²) < 4.78 is 39.5. The van der Waals surface area contributed by atoms with E-state index in [-0.39, 0.29) is 23.5 Å². The van der Waals surface area contributed by atoms with E-state index in [0.29, 0.717) is 5.56 Å². The third kappa shape index (κ3) is 4.24. The number of hydrogen-bond acceptors (Lipinski definition) is 3. The lowest BCUT2D eigenvalue weighted by Crippen LogP contribution is -2.45. The first-order chi connectivity index (χ1) is 11.0. The molecule has 1 aromatic heterocycles. The summed E-state index contributed by atoms with van der Waals surface area (Å²) in [5.74, 6) is 0. The third-order valence-electron chi connectivity index (χ3n) is 3.94. The molecule has 0 unspecified atom stereocenters. The minimum absolute atomic E-state index is 0. The molecule has 2 heterocycles. The molecule has 0 radical (unpaired) electrons. The third-order valence-corrected chi connectivity index (χ3v) is 5.20. The summed E-state index contributed by atoms with van der Waals surface area (Å²) in [6.45, 7) is 3.27. The number of thiophene rings is 1. The van der Waals surface area contributed by atoms with Gasteiger partial charge in [0.25, 0.3) is 0 Å². The topological polar surface area (TPSA) is 15.3 Å². The van der Waals surface area contributed by atoms with Gasteiger partial charge in [-0.2, -0.15) is 13.2 Å². The summed E-state index contributed by atoms with van der Waals surface area (Å²) in [7, 11) is 0. The molecular formula is C16H17Cl2F3N2S. The molecule has 0 amide bonds. The van der Waals surface area contributed by atoms with E-state index >= 15 is 0 Å². The molecule has 8 heteroatoms. The quantitative estimate of drug-likeness (QED) is 0.798. The van der Waals surface area contributed by atoms with E-state index in [4.69, 9.17) is 11.6 Å². The van der Waals surface area contributed by atoms with Crippen molar-refractivity contribution in [3.63, 3.8) is 0 Å². The first kappa shape index (κ1) is 19.5. The van der Waals surface area contributed by atoms with Crippen LogP contribution in [0.4, 0.5) is 13.2 Å². The Morgan fingerprint density at radius 2 is 1.88 bits per heavy atom. The summed E-state index contributed by atoms with van der Waals surface area (Å²) in [5.41, 5.74) is -0.139. The molecule has 0 saturated carbocycles. The standard InChI is InChI=1S/C16H16ClF3N2S.ClH/c17-13-4-3-11(10-12(13)16(18,19)20)15(14-2-1-9-23-14)22-7-5-21-6-8-22;/h1-4,9-10,15,21H,5-8H2;1H/t15-;/m1./s1. The van der Waals surface area contributed by atoms with E-state index < -0.39 is 11.7 Å². The number of halogens is 5. The zero-order valence-electron chi connectivity index (χ0n) is 12.6. The second-order valence-corrected chi connectivity index (χ2v) is 6.83. The molecule has 1 fully saturated rings. The Balaban J connectivity index is 0.00000208. The van der Waals surface area contributed by atoms with Crippen molar-refractivity contribution in [2.45, 2.75) is 12.2 Å². The van der Waals surface area contributed by atoms with Gasteiger partial charge in [-0.05, 0) is 29.1 Å². The number of piperazine rings is 1. The fourth-order valence-corrected chi connectivity index (χ4v) is 3.98. The minimum Gasteiger partial charge on any atom is -0.314 e. The normalized spacial score (nSPS) is 17.3. The van der Waals surface area contributed by atoms with Crippen LogP contribution in [0.3, 0.4) is 0 Å². The molecular weight excluding hydrogens is 380 g/mol. The smallest absolute Gasteiger partial charge is 0.314 e. The van der Waals surface area contributed by atoms with Crippen molar-refractivity contribution < 1.29 is 13.2 Å². The van der Waals surface area contributed by atoms with Gasteiger partial charge in [-0.15, -0.1) is 23.7 Å². The largest absolute Gasteiger partial charge is 0.417 e. The summed E-state index contributed by atoms with van der Waals surface area (Å²) in [5, 5.41) is 4.96. The molecule has 0 bridgehead atoms. The molecule has 24 heavy (non-hydrogen) atoms. The van der Waals surface area contributed by atoms with Crippen molar-refractivity contribution in [1.82, 2.24) is 10.2 Å².